The second-order valence-electron chi connectivity index (χ2n) is 6.71. The van der Waals surface area contributed by atoms with E-state index in [9.17, 15) is 4.79 Å². The van der Waals surface area contributed by atoms with Gasteiger partial charge in [0.05, 0.1) is 0 Å². The van der Waals surface area contributed by atoms with E-state index in [1.54, 1.807) is 0 Å². The van der Waals surface area contributed by atoms with Gasteiger partial charge in [0.15, 0.2) is 0 Å². The quantitative estimate of drug-likeness (QED) is 0.840. The molecule has 2 rings (SSSR count). The van der Waals surface area contributed by atoms with Gasteiger partial charge >= 0.3 is 0 Å². The highest BCUT2D eigenvalue weighted by atomic mass is 16.2. The van der Waals surface area contributed by atoms with Crippen LogP contribution in [0.3, 0.4) is 0 Å². The molecular formula is C19H31N3O. The average molecular weight is 317 g/mol. The highest BCUT2D eigenvalue weighted by Gasteiger charge is 2.28. The lowest BCUT2D eigenvalue weighted by Crippen LogP contribution is -2.40. The Morgan fingerprint density at radius 3 is 2.61 bits per heavy atom. The maximum atomic E-state index is 12.7. The third-order valence-electron chi connectivity index (χ3n) is 4.80. The summed E-state index contributed by atoms with van der Waals surface area (Å²) in [7, 11) is 1.95. The van der Waals surface area contributed by atoms with Gasteiger partial charge in [-0.2, -0.15) is 0 Å². The minimum Gasteiger partial charge on any atom is -0.334 e. The van der Waals surface area contributed by atoms with Crippen molar-refractivity contribution < 1.29 is 4.79 Å². The molecule has 0 radical (unpaired) electrons. The fourth-order valence-corrected chi connectivity index (χ4v) is 3.36. The summed E-state index contributed by atoms with van der Waals surface area (Å²) in [5.41, 5.74) is 2.08. The first-order valence-electron chi connectivity index (χ1n) is 8.85. The van der Waals surface area contributed by atoms with E-state index in [0.29, 0.717) is 12.1 Å². The van der Waals surface area contributed by atoms with E-state index in [0.717, 1.165) is 44.6 Å². The van der Waals surface area contributed by atoms with Crippen LogP contribution in [0.4, 0.5) is 0 Å². The summed E-state index contributed by atoms with van der Waals surface area (Å²) in [6.07, 6.45) is 2.21. The molecule has 0 aromatic heterocycles. The summed E-state index contributed by atoms with van der Waals surface area (Å²) in [5.74, 6) is 0.172. The number of hydrogen-bond acceptors (Lipinski definition) is 3. The zero-order valence-electron chi connectivity index (χ0n) is 15.0. The summed E-state index contributed by atoms with van der Waals surface area (Å²) < 4.78 is 0. The van der Waals surface area contributed by atoms with E-state index in [1.807, 2.05) is 24.1 Å². The molecule has 0 aliphatic carbocycles. The molecule has 4 nitrogen and oxygen atoms in total. The molecule has 23 heavy (non-hydrogen) atoms. The van der Waals surface area contributed by atoms with E-state index >= 15 is 0 Å². The molecule has 1 amide bonds. The maximum absolute atomic E-state index is 12.7. The molecule has 128 valence electrons. The standard InChI is InChI=1S/C19H31N3O/c1-5-21(15(2)3)14-16-8-10-17(11-9-16)19(23)22-12-6-7-18(22)13-20-4/h8-11,15,18,20H,5-7,12-14H2,1-4H3. The summed E-state index contributed by atoms with van der Waals surface area (Å²) in [4.78, 5) is 17.2. The Morgan fingerprint density at radius 1 is 1.35 bits per heavy atom. The number of likely N-dealkylation sites (tertiary alicyclic amines) is 1. The second kappa shape index (κ2) is 8.46. The van der Waals surface area contributed by atoms with Gasteiger partial charge in [0, 0.05) is 37.3 Å². The minimum atomic E-state index is 0.172. The van der Waals surface area contributed by atoms with Crippen LogP contribution in [0.2, 0.25) is 0 Å². The van der Waals surface area contributed by atoms with Crippen molar-refractivity contribution in [2.45, 2.75) is 52.2 Å². The van der Waals surface area contributed by atoms with Gasteiger partial charge in [-0.05, 0) is 58.0 Å². The lowest BCUT2D eigenvalue weighted by atomic mass is 10.1. The number of rotatable bonds is 7. The summed E-state index contributed by atoms with van der Waals surface area (Å²) in [6, 6.07) is 9.04. The van der Waals surface area contributed by atoms with E-state index in [-0.39, 0.29) is 5.91 Å². The Labute approximate surface area is 140 Å². The minimum absolute atomic E-state index is 0.172. The van der Waals surface area contributed by atoms with Crippen molar-refractivity contribution in [2.24, 2.45) is 0 Å². The normalized spacial score (nSPS) is 18.2. The maximum Gasteiger partial charge on any atom is 0.254 e. The van der Waals surface area contributed by atoms with Crippen molar-refractivity contribution in [2.75, 3.05) is 26.7 Å². The van der Waals surface area contributed by atoms with Crippen LogP contribution in [0, 0.1) is 0 Å². The Balaban J connectivity index is 2.02. The average Bonchev–Trinajstić information content (AvgIpc) is 3.01. The van der Waals surface area contributed by atoms with Gasteiger partial charge in [-0.15, -0.1) is 0 Å². The molecule has 0 saturated carbocycles. The van der Waals surface area contributed by atoms with Crippen LogP contribution in [0.25, 0.3) is 0 Å². The lowest BCUT2D eigenvalue weighted by molar-refractivity contribution is 0.0737. The highest BCUT2D eigenvalue weighted by Crippen LogP contribution is 2.20. The smallest absolute Gasteiger partial charge is 0.254 e. The Hall–Kier alpha value is -1.39. The van der Waals surface area contributed by atoms with E-state index in [2.05, 4.69) is 43.1 Å². The first kappa shape index (κ1) is 18.0. The largest absolute Gasteiger partial charge is 0.334 e. The first-order valence-corrected chi connectivity index (χ1v) is 8.85. The van der Waals surface area contributed by atoms with E-state index in [4.69, 9.17) is 0 Å². The molecule has 4 heteroatoms. The fraction of sp³-hybridized carbons (Fsp3) is 0.632. The molecule has 1 saturated heterocycles. The Morgan fingerprint density at radius 2 is 2.04 bits per heavy atom. The molecule has 0 spiro atoms. The Bertz CT molecular complexity index is 498. The fourth-order valence-electron chi connectivity index (χ4n) is 3.36. The van der Waals surface area contributed by atoms with Gasteiger partial charge in [-0.1, -0.05) is 19.1 Å². The second-order valence-corrected chi connectivity index (χ2v) is 6.71. The number of carbonyl (C=O) groups excluding carboxylic acids is 1. The predicted molar refractivity (Wildman–Crippen MR) is 95.6 cm³/mol. The molecule has 1 fully saturated rings. The van der Waals surface area contributed by atoms with Crippen molar-refractivity contribution >= 4 is 5.91 Å². The number of nitrogens with zero attached hydrogens (tertiary/aromatic N) is 2. The van der Waals surface area contributed by atoms with Crippen molar-refractivity contribution in [3.05, 3.63) is 35.4 Å². The molecule has 1 aromatic carbocycles. The van der Waals surface area contributed by atoms with Gasteiger partial charge in [-0.25, -0.2) is 0 Å². The van der Waals surface area contributed by atoms with Gasteiger partial charge < -0.3 is 10.2 Å². The highest BCUT2D eigenvalue weighted by molar-refractivity contribution is 5.94. The molecule has 1 heterocycles. The van der Waals surface area contributed by atoms with Gasteiger partial charge in [0.1, 0.15) is 0 Å². The van der Waals surface area contributed by atoms with Crippen LogP contribution in [-0.4, -0.2) is 54.5 Å². The van der Waals surface area contributed by atoms with Crippen molar-refractivity contribution in [3.63, 3.8) is 0 Å². The number of hydrogen-bond donors (Lipinski definition) is 1. The van der Waals surface area contributed by atoms with Crippen LogP contribution < -0.4 is 5.32 Å². The van der Waals surface area contributed by atoms with Crippen LogP contribution in [0.1, 0.15) is 49.5 Å². The van der Waals surface area contributed by atoms with Crippen LogP contribution in [0.5, 0.6) is 0 Å². The van der Waals surface area contributed by atoms with Crippen LogP contribution in [0.15, 0.2) is 24.3 Å². The molecular weight excluding hydrogens is 286 g/mol. The number of likely N-dealkylation sites (N-methyl/N-ethyl adjacent to an activating group) is 1. The van der Waals surface area contributed by atoms with Crippen LogP contribution in [-0.2, 0) is 6.54 Å². The zero-order chi connectivity index (χ0) is 16.8. The third kappa shape index (κ3) is 4.55. The number of amides is 1. The topological polar surface area (TPSA) is 35.6 Å². The molecule has 0 bridgehead atoms. The molecule has 1 atom stereocenters. The molecule has 1 aliphatic heterocycles. The van der Waals surface area contributed by atoms with Crippen molar-refractivity contribution in [3.8, 4) is 0 Å². The van der Waals surface area contributed by atoms with Crippen LogP contribution >= 0.6 is 0 Å². The lowest BCUT2D eigenvalue weighted by Gasteiger charge is -2.26. The van der Waals surface area contributed by atoms with E-state index in [1.165, 1.54) is 5.56 Å². The van der Waals surface area contributed by atoms with E-state index < -0.39 is 0 Å². The SMILES string of the molecule is CCN(Cc1ccc(C(=O)N2CCCC2CNC)cc1)C(C)C. The van der Waals surface area contributed by atoms with Crippen molar-refractivity contribution in [1.82, 2.24) is 15.1 Å². The summed E-state index contributed by atoms with van der Waals surface area (Å²) >= 11 is 0. The zero-order valence-corrected chi connectivity index (χ0v) is 15.0. The van der Waals surface area contributed by atoms with Gasteiger partial charge in [0.25, 0.3) is 5.91 Å². The van der Waals surface area contributed by atoms with Gasteiger partial charge in [-0.3, -0.25) is 9.69 Å². The first-order chi connectivity index (χ1) is 11.1. The molecule has 1 N–H and O–H groups in total. The number of benzene rings is 1. The number of nitrogens with one attached hydrogen (secondary N) is 1. The molecule has 1 unspecified atom stereocenters. The van der Waals surface area contributed by atoms with Gasteiger partial charge in [0.2, 0.25) is 0 Å². The predicted octanol–water partition coefficient (Wildman–Crippen LogP) is 2.74. The number of carbonyl (C=O) groups is 1. The Kier molecular flexibility index (Phi) is 6.60. The molecule has 1 aromatic rings. The molecule has 1 aliphatic rings. The third-order valence-corrected chi connectivity index (χ3v) is 4.80. The van der Waals surface area contributed by atoms with Crippen molar-refractivity contribution in [1.29, 1.82) is 0 Å². The monoisotopic (exact) mass is 317 g/mol. The summed E-state index contributed by atoms with van der Waals surface area (Å²) in [5, 5.41) is 3.19. The summed E-state index contributed by atoms with van der Waals surface area (Å²) in [6.45, 7) is 10.4.